The van der Waals surface area contributed by atoms with Crippen LogP contribution in [0.15, 0.2) is 144 Å². The van der Waals surface area contributed by atoms with Gasteiger partial charge in [-0.2, -0.15) is 10.5 Å². The number of pyridine rings is 2. The first-order valence-electron chi connectivity index (χ1n) is 16.7. The fourth-order valence-electron chi connectivity index (χ4n) is 5.85. The van der Waals surface area contributed by atoms with Crippen LogP contribution >= 0.6 is 0 Å². The zero-order valence-corrected chi connectivity index (χ0v) is 28.4. The van der Waals surface area contributed by atoms with E-state index >= 15 is 0 Å². The molecule has 0 aliphatic carbocycles. The van der Waals surface area contributed by atoms with Crippen molar-refractivity contribution in [3.63, 3.8) is 0 Å². The number of benzene rings is 2. The van der Waals surface area contributed by atoms with E-state index in [0.717, 1.165) is 60.1 Å². The number of carbonyl (C=O) groups is 1. The topological polar surface area (TPSA) is 109 Å². The molecule has 51 heavy (non-hydrogen) atoms. The van der Waals surface area contributed by atoms with Gasteiger partial charge in [0.05, 0.1) is 24.5 Å². The minimum absolute atomic E-state index is 0.00887. The van der Waals surface area contributed by atoms with E-state index in [1.807, 2.05) is 102 Å². The number of nitriles is 2. The van der Waals surface area contributed by atoms with Gasteiger partial charge < -0.3 is 19.4 Å². The van der Waals surface area contributed by atoms with Crippen molar-refractivity contribution in [2.75, 3.05) is 36.0 Å². The van der Waals surface area contributed by atoms with Gasteiger partial charge in [-0.05, 0) is 84.0 Å². The van der Waals surface area contributed by atoms with E-state index in [9.17, 15) is 15.3 Å². The maximum Gasteiger partial charge on any atom is 0.219 e. The number of allylic oxidation sites excluding steroid dienone is 6. The summed E-state index contributed by atoms with van der Waals surface area (Å²) in [7, 11) is 0. The largest absolute Gasteiger partial charge is 0.457 e. The van der Waals surface area contributed by atoms with Crippen LogP contribution in [-0.4, -0.2) is 47.0 Å². The Kier molecular flexibility index (Phi) is 11.1. The van der Waals surface area contributed by atoms with Gasteiger partial charge in [-0.15, -0.1) is 0 Å². The standard InChI is InChI=1S/C42H37N7O2/c1-32(50)47-22-24-48(25-23-47)39-14-8-33(9-15-39)12-18-41-26-35(36(28-43)29-44)27-42(51-41)19-13-34-10-16-40(17-11-34)49(30-37-6-2-4-20-45-37)31-38-7-3-5-21-46-38/h2-21,26-27H,22-25,30-31H2,1H3/b18-12+,19-13+. The van der Waals surface area contributed by atoms with Gasteiger partial charge in [0.1, 0.15) is 29.2 Å². The number of carbonyl (C=O) groups excluding carboxylic acids is 1. The summed E-state index contributed by atoms with van der Waals surface area (Å²) in [5.74, 6) is 1.13. The molecule has 6 rings (SSSR count). The molecule has 2 aromatic carbocycles. The zero-order chi connectivity index (χ0) is 35.4. The Morgan fingerprint density at radius 2 is 1.27 bits per heavy atom. The molecule has 0 radical (unpaired) electrons. The summed E-state index contributed by atoms with van der Waals surface area (Å²) in [6.07, 6.45) is 14.6. The summed E-state index contributed by atoms with van der Waals surface area (Å²) < 4.78 is 6.18. The molecular formula is C42H37N7O2. The molecule has 1 fully saturated rings. The van der Waals surface area contributed by atoms with Crippen molar-refractivity contribution in [3.8, 4) is 12.1 Å². The number of ether oxygens (including phenoxy) is 1. The predicted molar refractivity (Wildman–Crippen MR) is 199 cm³/mol. The number of anilines is 2. The number of hydrogen-bond donors (Lipinski definition) is 0. The minimum atomic E-state index is 0.00887. The number of rotatable bonds is 10. The molecule has 4 aromatic rings. The Morgan fingerprint density at radius 1 is 0.745 bits per heavy atom. The quantitative estimate of drug-likeness (QED) is 0.163. The molecule has 9 heteroatoms. The highest BCUT2D eigenvalue weighted by Crippen LogP contribution is 2.26. The van der Waals surface area contributed by atoms with Crippen LogP contribution in [0.1, 0.15) is 29.4 Å². The molecule has 252 valence electrons. The first-order chi connectivity index (χ1) is 25.0. The van der Waals surface area contributed by atoms with Crippen LogP contribution in [-0.2, 0) is 22.6 Å². The van der Waals surface area contributed by atoms with Crippen molar-refractivity contribution >= 4 is 29.4 Å². The summed E-state index contributed by atoms with van der Waals surface area (Å²) in [5.41, 5.74) is 6.51. The number of amides is 1. The molecule has 0 N–H and O–H groups in total. The molecule has 4 heterocycles. The molecule has 2 aromatic heterocycles. The maximum absolute atomic E-state index is 11.7. The van der Waals surface area contributed by atoms with Crippen molar-refractivity contribution in [1.82, 2.24) is 14.9 Å². The zero-order valence-electron chi connectivity index (χ0n) is 28.4. The van der Waals surface area contributed by atoms with E-state index < -0.39 is 0 Å². The summed E-state index contributed by atoms with van der Waals surface area (Å²) in [5, 5.41) is 19.2. The second-order valence-electron chi connectivity index (χ2n) is 12.1. The Morgan fingerprint density at radius 3 is 1.75 bits per heavy atom. The van der Waals surface area contributed by atoms with E-state index in [1.54, 1.807) is 31.5 Å². The van der Waals surface area contributed by atoms with Gasteiger partial charge in [-0.3, -0.25) is 14.8 Å². The SMILES string of the molecule is CC(=O)N1CCN(c2ccc(/C=C/C3=CC(=C(C#N)C#N)C=C(/C=C/c4ccc(N(Cc5ccccn5)Cc5ccccn5)cc4)O3)cc2)CC1. The number of piperazine rings is 1. The van der Waals surface area contributed by atoms with Gasteiger partial charge in [0.15, 0.2) is 0 Å². The first-order valence-corrected chi connectivity index (χ1v) is 16.7. The van der Waals surface area contributed by atoms with Crippen LogP contribution in [0, 0.1) is 22.7 Å². The monoisotopic (exact) mass is 671 g/mol. The van der Waals surface area contributed by atoms with Crippen molar-refractivity contribution in [2.45, 2.75) is 20.0 Å². The number of nitrogens with zero attached hydrogens (tertiary/aromatic N) is 7. The Labute approximate surface area is 298 Å². The molecule has 0 spiro atoms. The fraction of sp³-hybridized carbons (Fsp3) is 0.167. The fourth-order valence-corrected chi connectivity index (χ4v) is 5.85. The summed E-state index contributed by atoms with van der Waals surface area (Å²) in [4.78, 5) is 27.1. The Balaban J connectivity index is 1.15. The number of hydrogen-bond acceptors (Lipinski definition) is 8. The van der Waals surface area contributed by atoms with Crippen LogP contribution in [0.5, 0.6) is 0 Å². The highest BCUT2D eigenvalue weighted by atomic mass is 16.5. The molecule has 0 unspecified atom stereocenters. The molecule has 2 aliphatic heterocycles. The smallest absolute Gasteiger partial charge is 0.219 e. The average molecular weight is 672 g/mol. The maximum atomic E-state index is 11.7. The second kappa shape index (κ2) is 16.6. The van der Waals surface area contributed by atoms with Gasteiger partial charge in [0, 0.05) is 62.4 Å². The van der Waals surface area contributed by atoms with E-state index in [2.05, 4.69) is 44.0 Å². The van der Waals surface area contributed by atoms with E-state index in [4.69, 9.17) is 4.74 Å². The third-order valence-corrected chi connectivity index (χ3v) is 8.62. The molecule has 0 atom stereocenters. The lowest BCUT2D eigenvalue weighted by molar-refractivity contribution is -0.129. The van der Waals surface area contributed by atoms with Crippen LogP contribution in [0.4, 0.5) is 11.4 Å². The van der Waals surface area contributed by atoms with Crippen LogP contribution in [0.3, 0.4) is 0 Å². The highest BCUT2D eigenvalue weighted by molar-refractivity contribution is 5.73. The third-order valence-electron chi connectivity index (χ3n) is 8.62. The summed E-state index contributed by atoms with van der Waals surface area (Å²) in [6.45, 7) is 5.92. The Hall–Kier alpha value is -6.71. The summed E-state index contributed by atoms with van der Waals surface area (Å²) in [6, 6.07) is 32.3. The van der Waals surface area contributed by atoms with Crippen molar-refractivity contribution in [3.05, 3.63) is 167 Å². The van der Waals surface area contributed by atoms with Crippen LogP contribution < -0.4 is 9.80 Å². The lowest BCUT2D eigenvalue weighted by Gasteiger charge is -2.35. The van der Waals surface area contributed by atoms with Gasteiger partial charge in [-0.1, -0.05) is 48.6 Å². The van der Waals surface area contributed by atoms with Gasteiger partial charge >= 0.3 is 0 Å². The molecule has 0 saturated carbocycles. The molecule has 2 aliphatic rings. The Bertz CT molecular complexity index is 2000. The van der Waals surface area contributed by atoms with E-state index in [0.29, 0.717) is 30.2 Å². The summed E-state index contributed by atoms with van der Waals surface area (Å²) >= 11 is 0. The van der Waals surface area contributed by atoms with Gasteiger partial charge in [0.25, 0.3) is 0 Å². The highest BCUT2D eigenvalue weighted by Gasteiger charge is 2.19. The third kappa shape index (κ3) is 9.26. The minimum Gasteiger partial charge on any atom is -0.457 e. The molecule has 1 amide bonds. The molecule has 0 bridgehead atoms. The van der Waals surface area contributed by atoms with Crippen LogP contribution in [0.2, 0.25) is 0 Å². The lowest BCUT2D eigenvalue weighted by atomic mass is 10.0. The average Bonchev–Trinajstić information content (AvgIpc) is 3.18. The molecule has 9 nitrogen and oxygen atoms in total. The van der Waals surface area contributed by atoms with Crippen LogP contribution in [0.25, 0.3) is 12.2 Å². The second-order valence-corrected chi connectivity index (χ2v) is 12.1. The molecular weight excluding hydrogens is 635 g/mol. The van der Waals surface area contributed by atoms with Gasteiger partial charge in [0.2, 0.25) is 5.91 Å². The van der Waals surface area contributed by atoms with E-state index in [1.165, 1.54) is 0 Å². The lowest BCUT2D eigenvalue weighted by Crippen LogP contribution is -2.48. The normalized spacial score (nSPS) is 14.4. The van der Waals surface area contributed by atoms with Crippen molar-refractivity contribution in [1.29, 1.82) is 10.5 Å². The molecule has 1 saturated heterocycles. The van der Waals surface area contributed by atoms with E-state index in [-0.39, 0.29) is 11.5 Å². The first kappa shape index (κ1) is 34.2. The van der Waals surface area contributed by atoms with Gasteiger partial charge in [-0.25, -0.2) is 0 Å². The van der Waals surface area contributed by atoms with Crippen molar-refractivity contribution in [2.24, 2.45) is 0 Å². The number of aromatic nitrogens is 2. The van der Waals surface area contributed by atoms with Crippen molar-refractivity contribution < 1.29 is 9.53 Å². The predicted octanol–water partition coefficient (Wildman–Crippen LogP) is 7.22.